The number of hydrogen-bond donors (Lipinski definition) is 1. The number of benzene rings is 1. The zero-order chi connectivity index (χ0) is 11.5. The van der Waals surface area contributed by atoms with Gasteiger partial charge in [0.25, 0.3) is 0 Å². The first kappa shape index (κ1) is 11.6. The van der Waals surface area contributed by atoms with Gasteiger partial charge in [-0.15, -0.1) is 0 Å². The van der Waals surface area contributed by atoms with Gasteiger partial charge in [0.05, 0.1) is 6.10 Å². The van der Waals surface area contributed by atoms with Crippen LogP contribution >= 0.6 is 0 Å². The lowest BCUT2D eigenvalue weighted by Crippen LogP contribution is -2.35. The van der Waals surface area contributed by atoms with Crippen LogP contribution in [-0.4, -0.2) is 29.2 Å². The second-order valence-corrected chi connectivity index (χ2v) is 4.79. The molecule has 1 aliphatic rings. The van der Waals surface area contributed by atoms with Gasteiger partial charge in [0, 0.05) is 19.6 Å². The predicted octanol–water partition coefficient (Wildman–Crippen LogP) is 1.99. The summed E-state index contributed by atoms with van der Waals surface area (Å²) < 4.78 is 0. The third-order valence-corrected chi connectivity index (χ3v) is 3.29. The molecule has 0 aliphatic carbocycles. The first-order valence-electron chi connectivity index (χ1n) is 6.20. The molecule has 1 aromatic carbocycles. The van der Waals surface area contributed by atoms with Gasteiger partial charge < -0.3 is 5.11 Å². The third-order valence-electron chi connectivity index (χ3n) is 3.29. The minimum Gasteiger partial charge on any atom is -0.392 e. The lowest BCUT2D eigenvalue weighted by Gasteiger charge is -2.29. The second kappa shape index (κ2) is 4.98. The average Bonchev–Trinajstić information content (AvgIpc) is 2.27. The van der Waals surface area contributed by atoms with E-state index in [2.05, 4.69) is 30.0 Å². The van der Waals surface area contributed by atoms with E-state index in [1.54, 1.807) is 0 Å². The Morgan fingerprint density at radius 2 is 2.19 bits per heavy atom. The molecule has 0 spiro atoms. The van der Waals surface area contributed by atoms with Gasteiger partial charge in [0.1, 0.15) is 0 Å². The summed E-state index contributed by atoms with van der Waals surface area (Å²) in [7, 11) is 0. The highest BCUT2D eigenvalue weighted by atomic mass is 16.3. The summed E-state index contributed by atoms with van der Waals surface area (Å²) in [5, 5.41) is 9.41. The molecule has 0 aromatic heterocycles. The van der Waals surface area contributed by atoms with E-state index >= 15 is 0 Å². The quantitative estimate of drug-likeness (QED) is 0.840. The van der Waals surface area contributed by atoms with Gasteiger partial charge in [0.2, 0.25) is 0 Å². The molecule has 0 unspecified atom stereocenters. The Bertz CT molecular complexity index is 360. The molecule has 0 bridgehead atoms. The molecule has 16 heavy (non-hydrogen) atoms. The molecular weight excluding hydrogens is 198 g/mol. The van der Waals surface area contributed by atoms with E-state index in [1.165, 1.54) is 16.7 Å². The first-order chi connectivity index (χ1) is 7.69. The molecule has 0 radical (unpaired) electrons. The van der Waals surface area contributed by atoms with Crippen molar-refractivity contribution in [1.82, 2.24) is 4.90 Å². The summed E-state index contributed by atoms with van der Waals surface area (Å²) in [5.41, 5.74) is 4.35. The maximum atomic E-state index is 9.41. The maximum Gasteiger partial charge on any atom is 0.0639 e. The van der Waals surface area contributed by atoms with Crippen molar-refractivity contribution in [2.75, 3.05) is 13.1 Å². The van der Waals surface area contributed by atoms with Crippen LogP contribution in [0.15, 0.2) is 18.2 Å². The van der Waals surface area contributed by atoms with Gasteiger partial charge in [0.15, 0.2) is 0 Å². The number of aryl methyl sites for hydroxylation is 1. The molecule has 1 N–H and O–H groups in total. The summed E-state index contributed by atoms with van der Waals surface area (Å²) >= 11 is 0. The Labute approximate surface area is 97.9 Å². The molecule has 1 aliphatic heterocycles. The minimum atomic E-state index is -0.226. The zero-order valence-electron chi connectivity index (χ0n) is 10.2. The lowest BCUT2D eigenvalue weighted by atomic mass is 9.96. The topological polar surface area (TPSA) is 23.5 Å². The van der Waals surface area contributed by atoms with Gasteiger partial charge in [-0.2, -0.15) is 0 Å². The molecule has 0 saturated heterocycles. The normalized spacial score (nSPS) is 18.2. The molecular formula is C14H21NO. The van der Waals surface area contributed by atoms with Gasteiger partial charge >= 0.3 is 0 Å². The van der Waals surface area contributed by atoms with Crippen molar-refractivity contribution in [2.45, 2.75) is 39.3 Å². The number of aliphatic hydroxyl groups is 1. The molecule has 2 heteroatoms. The van der Waals surface area contributed by atoms with Crippen LogP contribution in [0.25, 0.3) is 0 Å². The highest BCUT2D eigenvalue weighted by molar-refractivity contribution is 5.33. The third kappa shape index (κ3) is 2.63. The molecule has 1 atom stereocenters. The van der Waals surface area contributed by atoms with E-state index in [-0.39, 0.29) is 6.10 Å². The molecule has 88 valence electrons. The van der Waals surface area contributed by atoms with Crippen LogP contribution in [0.4, 0.5) is 0 Å². The summed E-state index contributed by atoms with van der Waals surface area (Å²) in [6.07, 6.45) is 1.99. The van der Waals surface area contributed by atoms with E-state index in [0.29, 0.717) is 0 Å². The fraction of sp³-hybridized carbons (Fsp3) is 0.571. The van der Waals surface area contributed by atoms with Gasteiger partial charge in [-0.25, -0.2) is 0 Å². The standard InChI is InChI=1S/C14H21NO/c1-3-12-4-5-13-6-7-15(9-11(2)16)10-14(13)8-12/h4-5,8,11,16H,3,6-7,9-10H2,1-2H3/t11-/m1/s1. The highest BCUT2D eigenvalue weighted by Crippen LogP contribution is 2.20. The molecule has 0 amide bonds. The largest absolute Gasteiger partial charge is 0.392 e. The Morgan fingerprint density at radius 3 is 2.88 bits per heavy atom. The number of fused-ring (bicyclic) bond motifs is 1. The van der Waals surface area contributed by atoms with E-state index in [1.807, 2.05) is 6.92 Å². The molecule has 1 aromatic rings. The predicted molar refractivity (Wildman–Crippen MR) is 66.5 cm³/mol. The molecule has 1 heterocycles. The van der Waals surface area contributed by atoms with Gasteiger partial charge in [-0.3, -0.25) is 4.90 Å². The SMILES string of the molecule is CCc1ccc2c(c1)CN(C[C@@H](C)O)CC2. The summed E-state index contributed by atoms with van der Waals surface area (Å²) in [5.74, 6) is 0. The Morgan fingerprint density at radius 1 is 1.38 bits per heavy atom. The Hall–Kier alpha value is -0.860. The van der Waals surface area contributed by atoms with Crippen molar-refractivity contribution in [3.8, 4) is 0 Å². The number of nitrogens with zero attached hydrogens (tertiary/aromatic N) is 1. The van der Waals surface area contributed by atoms with Crippen molar-refractivity contribution in [3.05, 3.63) is 34.9 Å². The maximum absolute atomic E-state index is 9.41. The highest BCUT2D eigenvalue weighted by Gasteiger charge is 2.17. The summed E-state index contributed by atoms with van der Waals surface area (Å²) in [6, 6.07) is 6.83. The average molecular weight is 219 g/mol. The fourth-order valence-electron chi connectivity index (χ4n) is 2.42. The molecule has 2 nitrogen and oxygen atoms in total. The summed E-state index contributed by atoms with van der Waals surface area (Å²) in [4.78, 5) is 2.34. The lowest BCUT2D eigenvalue weighted by molar-refractivity contribution is 0.119. The second-order valence-electron chi connectivity index (χ2n) is 4.79. The summed E-state index contributed by atoms with van der Waals surface area (Å²) in [6.45, 7) is 6.91. The van der Waals surface area contributed by atoms with E-state index < -0.39 is 0 Å². The number of hydrogen-bond acceptors (Lipinski definition) is 2. The van der Waals surface area contributed by atoms with E-state index in [9.17, 15) is 5.11 Å². The van der Waals surface area contributed by atoms with E-state index in [4.69, 9.17) is 0 Å². The number of rotatable bonds is 3. The van der Waals surface area contributed by atoms with Crippen LogP contribution in [-0.2, 0) is 19.4 Å². The van der Waals surface area contributed by atoms with Crippen LogP contribution in [0.2, 0.25) is 0 Å². The number of aliphatic hydroxyl groups excluding tert-OH is 1. The van der Waals surface area contributed by atoms with E-state index in [0.717, 1.165) is 32.5 Å². The fourth-order valence-corrected chi connectivity index (χ4v) is 2.42. The van der Waals surface area contributed by atoms with Crippen LogP contribution in [0, 0.1) is 0 Å². The van der Waals surface area contributed by atoms with Crippen LogP contribution in [0.1, 0.15) is 30.5 Å². The van der Waals surface area contributed by atoms with Crippen molar-refractivity contribution >= 4 is 0 Å². The van der Waals surface area contributed by atoms with Crippen LogP contribution in [0.5, 0.6) is 0 Å². The van der Waals surface area contributed by atoms with Gasteiger partial charge in [-0.05, 0) is 36.5 Å². The Kier molecular flexibility index (Phi) is 3.62. The van der Waals surface area contributed by atoms with Crippen molar-refractivity contribution < 1.29 is 5.11 Å². The van der Waals surface area contributed by atoms with Crippen molar-refractivity contribution in [1.29, 1.82) is 0 Å². The molecule has 2 rings (SSSR count). The smallest absolute Gasteiger partial charge is 0.0639 e. The van der Waals surface area contributed by atoms with Gasteiger partial charge in [-0.1, -0.05) is 25.1 Å². The van der Waals surface area contributed by atoms with Crippen LogP contribution < -0.4 is 0 Å². The minimum absolute atomic E-state index is 0.226. The first-order valence-corrected chi connectivity index (χ1v) is 6.20. The zero-order valence-corrected chi connectivity index (χ0v) is 10.2. The molecule has 0 saturated carbocycles. The monoisotopic (exact) mass is 219 g/mol. The van der Waals surface area contributed by atoms with Crippen molar-refractivity contribution in [2.24, 2.45) is 0 Å². The Balaban J connectivity index is 2.12. The number of β-amino-alcohol motifs (C(OH)–C–C–N with tert-alkyl or cyclic N) is 1. The van der Waals surface area contributed by atoms with Crippen molar-refractivity contribution in [3.63, 3.8) is 0 Å². The van der Waals surface area contributed by atoms with Crippen LogP contribution in [0.3, 0.4) is 0 Å². The molecule has 0 fully saturated rings.